The standard InChI is InChI=1S/C13H18O2/c1-11(14)7-5-3-4-6-8-13-10-9-12(2)15-13/h5,7,9-10H,3-4,6,8H2,1-2H3/b7-5-. The second kappa shape index (κ2) is 6.23. The molecule has 82 valence electrons. The van der Waals surface area contributed by atoms with Crippen LogP contribution in [0.3, 0.4) is 0 Å². The van der Waals surface area contributed by atoms with Gasteiger partial charge in [0.05, 0.1) is 0 Å². The molecule has 0 aliphatic rings. The van der Waals surface area contributed by atoms with E-state index in [4.69, 9.17) is 4.42 Å². The second-order valence-corrected chi connectivity index (χ2v) is 3.77. The van der Waals surface area contributed by atoms with Crippen LogP contribution in [0.15, 0.2) is 28.7 Å². The molecule has 0 atom stereocenters. The van der Waals surface area contributed by atoms with Gasteiger partial charge in [0.2, 0.25) is 0 Å². The molecule has 0 aliphatic carbocycles. The van der Waals surface area contributed by atoms with Crippen molar-refractivity contribution in [2.45, 2.75) is 39.5 Å². The Morgan fingerprint density at radius 2 is 2.20 bits per heavy atom. The molecule has 0 saturated carbocycles. The first kappa shape index (κ1) is 11.8. The van der Waals surface area contributed by atoms with E-state index < -0.39 is 0 Å². The van der Waals surface area contributed by atoms with Gasteiger partial charge in [-0.1, -0.05) is 6.08 Å². The summed E-state index contributed by atoms with van der Waals surface area (Å²) in [5.74, 6) is 2.15. The van der Waals surface area contributed by atoms with Crippen LogP contribution in [0.1, 0.15) is 37.7 Å². The van der Waals surface area contributed by atoms with Crippen LogP contribution in [-0.2, 0) is 11.2 Å². The molecule has 1 aromatic rings. The molecule has 0 aromatic carbocycles. The number of hydrogen-bond acceptors (Lipinski definition) is 2. The number of ketones is 1. The molecule has 1 rings (SSSR count). The minimum Gasteiger partial charge on any atom is -0.466 e. The largest absolute Gasteiger partial charge is 0.466 e. The van der Waals surface area contributed by atoms with Crippen LogP contribution in [0.2, 0.25) is 0 Å². The molecular formula is C13H18O2. The van der Waals surface area contributed by atoms with Gasteiger partial charge in [-0.3, -0.25) is 4.79 Å². The number of furan rings is 1. The van der Waals surface area contributed by atoms with Gasteiger partial charge < -0.3 is 4.42 Å². The van der Waals surface area contributed by atoms with Crippen molar-refractivity contribution in [1.29, 1.82) is 0 Å². The lowest BCUT2D eigenvalue weighted by atomic mass is 10.1. The van der Waals surface area contributed by atoms with Crippen LogP contribution in [0, 0.1) is 6.92 Å². The third kappa shape index (κ3) is 5.21. The fourth-order valence-corrected chi connectivity index (χ4v) is 1.43. The summed E-state index contributed by atoms with van der Waals surface area (Å²) in [4.78, 5) is 10.6. The highest BCUT2D eigenvalue weighted by molar-refractivity contribution is 5.87. The van der Waals surface area contributed by atoms with Crippen molar-refractivity contribution in [3.8, 4) is 0 Å². The average Bonchev–Trinajstić information content (AvgIpc) is 2.57. The van der Waals surface area contributed by atoms with Gasteiger partial charge >= 0.3 is 0 Å². The topological polar surface area (TPSA) is 30.2 Å². The Labute approximate surface area is 91.0 Å². The summed E-state index contributed by atoms with van der Waals surface area (Å²) in [7, 11) is 0. The van der Waals surface area contributed by atoms with Gasteiger partial charge in [0.15, 0.2) is 5.78 Å². The molecule has 0 fully saturated rings. The fraction of sp³-hybridized carbons (Fsp3) is 0.462. The quantitative estimate of drug-likeness (QED) is 0.527. The summed E-state index contributed by atoms with van der Waals surface area (Å²) in [6, 6.07) is 4.02. The molecule has 2 nitrogen and oxygen atoms in total. The van der Waals surface area contributed by atoms with E-state index in [-0.39, 0.29) is 5.78 Å². The van der Waals surface area contributed by atoms with Crippen LogP contribution in [0.4, 0.5) is 0 Å². The molecule has 0 radical (unpaired) electrons. The van der Waals surface area contributed by atoms with E-state index in [1.807, 2.05) is 25.1 Å². The SMILES string of the molecule is CC(=O)/C=C\CCCCc1ccc(C)o1. The fourth-order valence-electron chi connectivity index (χ4n) is 1.43. The lowest BCUT2D eigenvalue weighted by Gasteiger charge is -1.95. The van der Waals surface area contributed by atoms with Crippen molar-refractivity contribution in [3.05, 3.63) is 35.8 Å². The van der Waals surface area contributed by atoms with E-state index in [0.717, 1.165) is 37.2 Å². The Morgan fingerprint density at radius 3 is 2.80 bits per heavy atom. The summed E-state index contributed by atoms with van der Waals surface area (Å²) in [6.45, 7) is 3.53. The molecular weight excluding hydrogens is 188 g/mol. The summed E-state index contributed by atoms with van der Waals surface area (Å²) in [5, 5.41) is 0. The van der Waals surface area contributed by atoms with Gasteiger partial charge in [-0.2, -0.15) is 0 Å². The first-order chi connectivity index (χ1) is 7.18. The smallest absolute Gasteiger partial charge is 0.152 e. The monoisotopic (exact) mass is 206 g/mol. The molecule has 0 amide bonds. The second-order valence-electron chi connectivity index (χ2n) is 3.77. The first-order valence-electron chi connectivity index (χ1n) is 5.41. The van der Waals surface area contributed by atoms with Crippen LogP contribution in [-0.4, -0.2) is 5.78 Å². The molecule has 0 saturated heterocycles. The number of unbranched alkanes of at least 4 members (excludes halogenated alkanes) is 2. The number of carbonyl (C=O) groups is 1. The van der Waals surface area contributed by atoms with Crippen molar-refractivity contribution in [2.24, 2.45) is 0 Å². The molecule has 0 N–H and O–H groups in total. The number of hydrogen-bond donors (Lipinski definition) is 0. The van der Waals surface area contributed by atoms with E-state index >= 15 is 0 Å². The van der Waals surface area contributed by atoms with Gasteiger partial charge in [-0.15, -0.1) is 0 Å². The normalized spacial score (nSPS) is 11.1. The lowest BCUT2D eigenvalue weighted by molar-refractivity contribution is -0.112. The zero-order valence-electron chi connectivity index (χ0n) is 9.45. The Morgan fingerprint density at radius 1 is 1.40 bits per heavy atom. The van der Waals surface area contributed by atoms with Crippen LogP contribution >= 0.6 is 0 Å². The summed E-state index contributed by atoms with van der Waals surface area (Å²) >= 11 is 0. The van der Waals surface area contributed by atoms with Gasteiger partial charge in [0.1, 0.15) is 11.5 Å². The number of rotatable bonds is 6. The Balaban J connectivity index is 2.09. The van der Waals surface area contributed by atoms with Crippen LogP contribution < -0.4 is 0 Å². The zero-order chi connectivity index (χ0) is 11.1. The summed E-state index contributed by atoms with van der Waals surface area (Å²) < 4.78 is 5.46. The highest BCUT2D eigenvalue weighted by atomic mass is 16.3. The lowest BCUT2D eigenvalue weighted by Crippen LogP contribution is -1.83. The van der Waals surface area contributed by atoms with Gasteiger partial charge in [0.25, 0.3) is 0 Å². The van der Waals surface area contributed by atoms with Crippen molar-refractivity contribution in [1.82, 2.24) is 0 Å². The summed E-state index contributed by atoms with van der Waals surface area (Å²) in [5.41, 5.74) is 0. The van der Waals surface area contributed by atoms with E-state index in [2.05, 4.69) is 0 Å². The minimum absolute atomic E-state index is 0.122. The number of aryl methyl sites for hydroxylation is 2. The maximum atomic E-state index is 10.6. The molecule has 0 spiro atoms. The summed E-state index contributed by atoms with van der Waals surface area (Å²) in [6.07, 6.45) is 7.74. The molecule has 0 bridgehead atoms. The van der Waals surface area contributed by atoms with Gasteiger partial charge in [-0.05, 0) is 51.3 Å². The van der Waals surface area contributed by atoms with Crippen molar-refractivity contribution in [2.75, 3.05) is 0 Å². The Kier molecular flexibility index (Phi) is 4.88. The molecule has 1 aromatic heterocycles. The number of allylic oxidation sites excluding steroid dienone is 2. The molecule has 0 aliphatic heterocycles. The van der Waals surface area contributed by atoms with Gasteiger partial charge in [-0.25, -0.2) is 0 Å². The highest BCUT2D eigenvalue weighted by Gasteiger charge is 1.97. The minimum atomic E-state index is 0.122. The molecule has 2 heteroatoms. The number of carbonyl (C=O) groups excluding carboxylic acids is 1. The molecule has 0 unspecified atom stereocenters. The average molecular weight is 206 g/mol. The van der Waals surface area contributed by atoms with Crippen molar-refractivity contribution in [3.63, 3.8) is 0 Å². The predicted octanol–water partition coefficient (Wildman–Crippen LogP) is 3.45. The molecule has 15 heavy (non-hydrogen) atoms. The third-order valence-electron chi connectivity index (χ3n) is 2.19. The van der Waals surface area contributed by atoms with Crippen molar-refractivity contribution < 1.29 is 9.21 Å². The van der Waals surface area contributed by atoms with E-state index in [1.165, 1.54) is 0 Å². The van der Waals surface area contributed by atoms with Gasteiger partial charge in [0, 0.05) is 6.42 Å². The Bertz CT molecular complexity index is 334. The van der Waals surface area contributed by atoms with E-state index in [1.54, 1.807) is 13.0 Å². The van der Waals surface area contributed by atoms with Crippen LogP contribution in [0.25, 0.3) is 0 Å². The van der Waals surface area contributed by atoms with Crippen molar-refractivity contribution >= 4 is 5.78 Å². The highest BCUT2D eigenvalue weighted by Crippen LogP contribution is 2.10. The predicted molar refractivity (Wildman–Crippen MR) is 60.8 cm³/mol. The zero-order valence-corrected chi connectivity index (χ0v) is 9.45. The third-order valence-corrected chi connectivity index (χ3v) is 2.19. The maximum absolute atomic E-state index is 10.6. The van der Waals surface area contributed by atoms with E-state index in [0.29, 0.717) is 0 Å². The molecule has 1 heterocycles. The Hall–Kier alpha value is -1.31. The van der Waals surface area contributed by atoms with E-state index in [9.17, 15) is 4.79 Å². The first-order valence-corrected chi connectivity index (χ1v) is 5.41. The maximum Gasteiger partial charge on any atom is 0.152 e. The van der Waals surface area contributed by atoms with Crippen LogP contribution in [0.5, 0.6) is 0 Å².